The molecule has 0 bridgehead atoms. The van der Waals surface area contributed by atoms with E-state index in [0.29, 0.717) is 2.07 Å². The molecule has 2 N–H and O–H groups in total. The minimum absolute atomic E-state index is 0.684. The molecule has 0 aromatic heterocycles. The van der Waals surface area contributed by atoms with E-state index in [0.717, 1.165) is 0 Å². The van der Waals surface area contributed by atoms with Gasteiger partial charge in [0.2, 0.25) is 0 Å². The third-order valence-corrected chi connectivity index (χ3v) is 45.7. The molecule has 0 fully saturated rings. The van der Waals surface area contributed by atoms with E-state index in [9.17, 15) is 0 Å². The molecule has 0 radical (unpaired) electrons. The van der Waals surface area contributed by atoms with Crippen molar-refractivity contribution in [2.24, 2.45) is 5.73 Å². The van der Waals surface area contributed by atoms with E-state index in [1.54, 1.807) is 0 Å². The van der Waals surface area contributed by atoms with Crippen LogP contribution in [0.4, 0.5) is 0 Å². The van der Waals surface area contributed by atoms with Crippen LogP contribution in [0.15, 0.2) is 0 Å². The first-order chi connectivity index (χ1) is 4.15. The van der Waals surface area contributed by atoms with Gasteiger partial charge in [-0.3, -0.25) is 0 Å². The molecular formula is C7H21NSn2. The van der Waals surface area contributed by atoms with Gasteiger partial charge < -0.3 is 0 Å². The van der Waals surface area contributed by atoms with Crippen molar-refractivity contribution < 1.29 is 0 Å². The Morgan fingerprint density at radius 2 is 1.00 bits per heavy atom. The first kappa shape index (κ1) is 11.6. The van der Waals surface area contributed by atoms with E-state index in [-0.39, 0.29) is 0 Å². The maximum absolute atomic E-state index is 6.21. The van der Waals surface area contributed by atoms with Crippen LogP contribution in [0, 0.1) is 0 Å². The van der Waals surface area contributed by atoms with Crippen molar-refractivity contribution in [3.05, 3.63) is 0 Å². The normalized spacial score (nSPS) is 14.4. The van der Waals surface area contributed by atoms with Crippen LogP contribution in [0.25, 0.3) is 0 Å². The number of rotatable bonds is 2. The van der Waals surface area contributed by atoms with E-state index >= 15 is 0 Å². The van der Waals surface area contributed by atoms with Gasteiger partial charge in [-0.15, -0.1) is 0 Å². The Kier molecular flexibility index (Phi) is 4.07. The molecular weight excluding hydrogens is 336 g/mol. The van der Waals surface area contributed by atoms with Crippen LogP contribution in [-0.4, -0.2) is 38.8 Å². The van der Waals surface area contributed by atoms with Crippen LogP contribution in [0.5, 0.6) is 0 Å². The zero-order valence-corrected chi connectivity index (χ0v) is 13.9. The molecule has 0 spiro atoms. The van der Waals surface area contributed by atoms with Crippen LogP contribution in [-0.2, 0) is 0 Å². The second-order valence-corrected chi connectivity index (χ2v) is 40.5. The third kappa shape index (κ3) is 3.81. The van der Waals surface area contributed by atoms with Gasteiger partial charge in [0.15, 0.2) is 0 Å². The molecule has 3 heteroatoms. The van der Waals surface area contributed by atoms with Crippen molar-refractivity contribution in [2.75, 3.05) is 0 Å². The third-order valence-electron chi connectivity index (χ3n) is 1.87. The topological polar surface area (TPSA) is 26.0 Å². The van der Waals surface area contributed by atoms with E-state index in [2.05, 4.69) is 29.6 Å². The van der Waals surface area contributed by atoms with Gasteiger partial charge in [-0.2, -0.15) is 0 Å². The van der Waals surface area contributed by atoms with Gasteiger partial charge in [0.25, 0.3) is 0 Å². The van der Waals surface area contributed by atoms with Crippen molar-refractivity contribution >= 4 is 36.8 Å². The summed E-state index contributed by atoms with van der Waals surface area (Å²) in [4.78, 5) is 14.7. The minimum atomic E-state index is -1.71. The molecule has 10 heavy (non-hydrogen) atoms. The van der Waals surface area contributed by atoms with Gasteiger partial charge >= 0.3 is 74.2 Å². The fraction of sp³-hybridized carbons (Fsp3) is 1.00. The van der Waals surface area contributed by atoms with E-state index in [1.807, 2.05) is 0 Å². The second-order valence-electron chi connectivity index (χ2n) is 5.21. The molecule has 62 valence electrons. The van der Waals surface area contributed by atoms with Crippen molar-refractivity contribution in [1.82, 2.24) is 0 Å². The number of hydrogen-bond donors (Lipinski definition) is 1. The molecule has 0 aromatic rings. The summed E-state index contributed by atoms with van der Waals surface area (Å²) < 4.78 is 0.684. The zero-order valence-electron chi connectivity index (χ0n) is 8.15. The number of nitrogens with two attached hydrogens (primary N) is 1. The Balaban J connectivity index is 4.23. The standard InChI is InChI=1S/CH3N.6CH3.2Sn/c1-2;;;;;;;;/h1H,2H2;6*1H3;;. The average molecular weight is 357 g/mol. The molecule has 0 amide bonds. The van der Waals surface area contributed by atoms with E-state index < -0.39 is 36.8 Å². The molecule has 0 aliphatic rings. The molecule has 0 saturated carbocycles. The number of hydrogen-bond acceptors (Lipinski definition) is 1. The Morgan fingerprint density at radius 1 is 0.800 bits per heavy atom. The van der Waals surface area contributed by atoms with Crippen LogP contribution in [0.1, 0.15) is 0 Å². The first-order valence-corrected chi connectivity index (χ1v) is 24.3. The van der Waals surface area contributed by atoms with Gasteiger partial charge in [0, 0.05) is 0 Å². The van der Waals surface area contributed by atoms with Crippen LogP contribution >= 0.6 is 0 Å². The van der Waals surface area contributed by atoms with Gasteiger partial charge in [-0.1, -0.05) is 0 Å². The quantitative estimate of drug-likeness (QED) is 0.753. The van der Waals surface area contributed by atoms with Gasteiger partial charge in [0.05, 0.1) is 0 Å². The molecule has 0 aliphatic heterocycles. The SMILES string of the molecule is [CH3][Sn]([CH3])([CH3])[CH](N)[Sn]([CH3])([CH3])[CH3]. The second kappa shape index (κ2) is 3.52. The van der Waals surface area contributed by atoms with Gasteiger partial charge in [0.1, 0.15) is 0 Å². The van der Waals surface area contributed by atoms with Crippen LogP contribution < -0.4 is 5.73 Å². The van der Waals surface area contributed by atoms with Crippen LogP contribution in [0.2, 0.25) is 29.6 Å². The maximum atomic E-state index is 6.21. The molecule has 0 aromatic carbocycles. The average Bonchev–Trinajstić information content (AvgIpc) is 1.59. The van der Waals surface area contributed by atoms with Gasteiger partial charge in [-0.05, 0) is 0 Å². The van der Waals surface area contributed by atoms with Crippen molar-refractivity contribution in [2.45, 2.75) is 31.7 Å². The summed E-state index contributed by atoms with van der Waals surface area (Å²) in [6.07, 6.45) is 0. The molecule has 0 heterocycles. The molecule has 0 atom stereocenters. The monoisotopic (exact) mass is 359 g/mol. The molecule has 1 nitrogen and oxygen atoms in total. The summed E-state index contributed by atoms with van der Waals surface area (Å²) >= 11 is -3.42. The summed E-state index contributed by atoms with van der Waals surface area (Å²) in [5.74, 6) is 0. The summed E-state index contributed by atoms with van der Waals surface area (Å²) in [6, 6.07) is 0. The van der Waals surface area contributed by atoms with E-state index in [1.165, 1.54) is 0 Å². The predicted octanol–water partition coefficient (Wildman–Crippen LogP) is 2.07. The fourth-order valence-electron chi connectivity index (χ4n) is 1.30. The molecule has 0 rings (SSSR count). The summed E-state index contributed by atoms with van der Waals surface area (Å²) in [6.45, 7) is 0. The summed E-state index contributed by atoms with van der Waals surface area (Å²) in [5, 5.41) is 0. The zero-order chi connectivity index (χ0) is 8.58. The predicted molar refractivity (Wildman–Crippen MR) is 54.7 cm³/mol. The van der Waals surface area contributed by atoms with Crippen molar-refractivity contribution in [3.8, 4) is 0 Å². The Hall–Kier alpha value is 1.56. The fourth-order valence-corrected chi connectivity index (χ4v) is 58.5. The Labute approximate surface area is 73.5 Å². The van der Waals surface area contributed by atoms with Gasteiger partial charge in [-0.25, -0.2) is 0 Å². The molecule has 0 aliphatic carbocycles. The Bertz CT molecular complexity index is 95.8. The molecule has 0 saturated heterocycles. The molecule has 0 unspecified atom stereocenters. The van der Waals surface area contributed by atoms with E-state index in [4.69, 9.17) is 5.73 Å². The summed E-state index contributed by atoms with van der Waals surface area (Å²) in [5.41, 5.74) is 6.21. The Morgan fingerprint density at radius 3 is 1.00 bits per heavy atom. The summed E-state index contributed by atoms with van der Waals surface area (Å²) in [7, 11) is 0. The first-order valence-electron chi connectivity index (χ1n) is 3.91. The van der Waals surface area contributed by atoms with Crippen molar-refractivity contribution in [1.29, 1.82) is 0 Å². The van der Waals surface area contributed by atoms with Crippen molar-refractivity contribution in [3.63, 3.8) is 0 Å². The van der Waals surface area contributed by atoms with Crippen LogP contribution in [0.3, 0.4) is 0 Å².